The van der Waals surface area contributed by atoms with Gasteiger partial charge in [-0.3, -0.25) is 0 Å². The molecule has 1 aromatic carbocycles. The highest BCUT2D eigenvalue weighted by atomic mass is 16.5. The van der Waals surface area contributed by atoms with Gasteiger partial charge in [0.05, 0.1) is 24.6 Å². The van der Waals surface area contributed by atoms with Crippen molar-refractivity contribution in [3.63, 3.8) is 0 Å². The number of carbonyl (C=O) groups is 2. The molecule has 0 spiro atoms. The Morgan fingerprint density at radius 1 is 1.04 bits per heavy atom. The third-order valence-corrected chi connectivity index (χ3v) is 3.86. The minimum Gasteiger partial charge on any atom is -0.462 e. The van der Waals surface area contributed by atoms with Crippen molar-refractivity contribution in [3.8, 4) is 17.1 Å². The highest BCUT2D eigenvalue weighted by molar-refractivity contribution is 6.10. The third-order valence-electron chi connectivity index (χ3n) is 3.86. The highest BCUT2D eigenvalue weighted by Gasteiger charge is 2.31. The van der Waals surface area contributed by atoms with Crippen LogP contribution < -0.4 is 5.73 Å². The van der Waals surface area contributed by atoms with Crippen molar-refractivity contribution in [2.45, 2.75) is 13.8 Å². The minimum atomic E-state index is -0.755. The van der Waals surface area contributed by atoms with Crippen LogP contribution in [-0.4, -0.2) is 44.9 Å². The maximum atomic E-state index is 12.7. The van der Waals surface area contributed by atoms with Gasteiger partial charge in [-0.15, -0.1) is 0 Å². The smallest absolute Gasteiger partial charge is 0.342 e. The molecule has 2 N–H and O–H groups in total. The summed E-state index contributed by atoms with van der Waals surface area (Å²) in [6.45, 7) is 3.54. The molecule has 2 aromatic heterocycles. The first-order valence-electron chi connectivity index (χ1n) is 8.66. The molecule has 0 unspecified atom stereocenters. The molecule has 0 saturated carbocycles. The molecule has 0 bridgehead atoms. The quantitative estimate of drug-likeness (QED) is 0.645. The van der Waals surface area contributed by atoms with Crippen LogP contribution in [0.2, 0.25) is 0 Å². The summed E-state index contributed by atoms with van der Waals surface area (Å²) >= 11 is 0. The predicted octanol–water partition coefficient (Wildman–Crippen LogP) is 2.26. The first-order chi connectivity index (χ1) is 13.6. The fourth-order valence-electron chi connectivity index (χ4n) is 2.70. The zero-order valence-electron chi connectivity index (χ0n) is 15.5. The van der Waals surface area contributed by atoms with Crippen molar-refractivity contribution in [1.82, 2.24) is 19.7 Å². The Balaban J connectivity index is 2.37. The van der Waals surface area contributed by atoms with E-state index in [2.05, 4.69) is 15.1 Å². The van der Waals surface area contributed by atoms with E-state index in [1.807, 2.05) is 18.2 Å². The number of nitrogen functional groups attached to an aromatic ring is 1. The molecular weight excluding hydrogens is 362 g/mol. The Hall–Kier alpha value is -3.75. The third kappa shape index (κ3) is 3.54. The van der Waals surface area contributed by atoms with E-state index in [1.54, 1.807) is 26.0 Å². The Kier molecular flexibility index (Phi) is 5.64. The predicted molar refractivity (Wildman–Crippen MR) is 101 cm³/mol. The van der Waals surface area contributed by atoms with Crippen molar-refractivity contribution >= 4 is 17.6 Å². The fourth-order valence-corrected chi connectivity index (χ4v) is 2.70. The van der Waals surface area contributed by atoms with Gasteiger partial charge in [-0.2, -0.15) is 5.10 Å². The van der Waals surface area contributed by atoms with E-state index in [9.17, 15) is 9.59 Å². The molecule has 9 heteroatoms. The van der Waals surface area contributed by atoms with Gasteiger partial charge in [0.15, 0.2) is 5.82 Å². The van der Waals surface area contributed by atoms with Crippen LogP contribution in [0.15, 0.2) is 43.0 Å². The summed E-state index contributed by atoms with van der Waals surface area (Å²) in [5.41, 5.74) is 7.07. The first kappa shape index (κ1) is 19.0. The monoisotopic (exact) mass is 381 g/mol. The molecule has 0 amide bonds. The summed E-state index contributed by atoms with van der Waals surface area (Å²) in [5, 5.41) is 4.04. The Labute approximate surface area is 161 Å². The SMILES string of the molecule is CCOC(=O)c1c(-n2cncn2)nc(-c2ccccc2)c(N)c1C(=O)OCC. The second kappa shape index (κ2) is 8.30. The van der Waals surface area contributed by atoms with Gasteiger partial charge in [-0.05, 0) is 13.8 Å². The van der Waals surface area contributed by atoms with Gasteiger partial charge in [-0.25, -0.2) is 24.2 Å². The van der Waals surface area contributed by atoms with E-state index in [0.717, 1.165) is 0 Å². The lowest BCUT2D eigenvalue weighted by Gasteiger charge is -2.17. The van der Waals surface area contributed by atoms with Crippen molar-refractivity contribution in [1.29, 1.82) is 0 Å². The fraction of sp³-hybridized carbons (Fsp3) is 0.211. The van der Waals surface area contributed by atoms with Crippen LogP contribution in [0.1, 0.15) is 34.6 Å². The molecule has 9 nitrogen and oxygen atoms in total. The lowest BCUT2D eigenvalue weighted by Crippen LogP contribution is -2.21. The van der Waals surface area contributed by atoms with Crippen LogP contribution in [0.5, 0.6) is 0 Å². The zero-order valence-corrected chi connectivity index (χ0v) is 15.5. The number of aromatic nitrogens is 4. The summed E-state index contributed by atoms with van der Waals surface area (Å²) in [4.78, 5) is 33.8. The molecule has 144 valence electrons. The summed E-state index contributed by atoms with van der Waals surface area (Å²) in [6.07, 6.45) is 2.66. The van der Waals surface area contributed by atoms with Crippen molar-refractivity contribution in [3.05, 3.63) is 54.1 Å². The maximum Gasteiger partial charge on any atom is 0.342 e. The van der Waals surface area contributed by atoms with Gasteiger partial charge in [0.2, 0.25) is 0 Å². The summed E-state index contributed by atoms with van der Waals surface area (Å²) in [5.74, 6) is -1.43. The van der Waals surface area contributed by atoms with E-state index in [-0.39, 0.29) is 35.8 Å². The maximum absolute atomic E-state index is 12.7. The molecule has 3 aromatic rings. The average molecular weight is 381 g/mol. The summed E-state index contributed by atoms with van der Waals surface area (Å²) in [6, 6.07) is 9.06. The summed E-state index contributed by atoms with van der Waals surface area (Å²) < 4.78 is 11.6. The molecule has 3 rings (SSSR count). The minimum absolute atomic E-state index is 0.0246. The van der Waals surface area contributed by atoms with E-state index < -0.39 is 11.9 Å². The van der Waals surface area contributed by atoms with E-state index in [1.165, 1.54) is 17.3 Å². The van der Waals surface area contributed by atoms with E-state index in [0.29, 0.717) is 11.3 Å². The van der Waals surface area contributed by atoms with Crippen LogP contribution in [0.4, 0.5) is 5.69 Å². The van der Waals surface area contributed by atoms with Crippen molar-refractivity contribution in [2.24, 2.45) is 0 Å². The van der Waals surface area contributed by atoms with Crippen LogP contribution in [0.25, 0.3) is 17.1 Å². The number of rotatable bonds is 6. The zero-order chi connectivity index (χ0) is 20.1. The van der Waals surface area contributed by atoms with Crippen LogP contribution in [-0.2, 0) is 9.47 Å². The second-order valence-corrected chi connectivity index (χ2v) is 5.59. The van der Waals surface area contributed by atoms with E-state index >= 15 is 0 Å². The molecule has 0 radical (unpaired) electrons. The van der Waals surface area contributed by atoms with Crippen LogP contribution >= 0.6 is 0 Å². The summed E-state index contributed by atoms with van der Waals surface area (Å²) in [7, 11) is 0. The molecule has 0 aliphatic carbocycles. The largest absolute Gasteiger partial charge is 0.462 e. The molecule has 0 fully saturated rings. The molecule has 2 heterocycles. The van der Waals surface area contributed by atoms with Gasteiger partial charge in [-0.1, -0.05) is 30.3 Å². The van der Waals surface area contributed by atoms with Gasteiger partial charge in [0.1, 0.15) is 23.8 Å². The van der Waals surface area contributed by atoms with Gasteiger partial charge in [0, 0.05) is 5.56 Å². The van der Waals surface area contributed by atoms with Gasteiger partial charge >= 0.3 is 11.9 Å². The number of anilines is 1. The molecule has 28 heavy (non-hydrogen) atoms. The normalized spacial score (nSPS) is 10.5. The second-order valence-electron chi connectivity index (χ2n) is 5.59. The topological polar surface area (TPSA) is 122 Å². The Morgan fingerprint density at radius 2 is 1.68 bits per heavy atom. The number of benzene rings is 1. The average Bonchev–Trinajstić information content (AvgIpc) is 3.23. The number of nitrogens with zero attached hydrogens (tertiary/aromatic N) is 4. The number of hydrogen-bond acceptors (Lipinski definition) is 8. The first-order valence-corrected chi connectivity index (χ1v) is 8.66. The number of esters is 2. The van der Waals surface area contributed by atoms with Crippen LogP contribution in [0, 0.1) is 0 Å². The van der Waals surface area contributed by atoms with Gasteiger partial charge < -0.3 is 15.2 Å². The standard InChI is InChI=1S/C19H19N5O4/c1-3-27-18(25)13-14(19(26)28-4-2)17(24-11-21-10-22-24)23-16(15(13)20)12-8-6-5-7-9-12/h5-11H,3-4,20H2,1-2H3. The van der Waals surface area contributed by atoms with Crippen molar-refractivity contribution < 1.29 is 19.1 Å². The van der Waals surface area contributed by atoms with Gasteiger partial charge in [0.25, 0.3) is 0 Å². The Bertz CT molecular complexity index is 987. The Morgan fingerprint density at radius 3 is 2.25 bits per heavy atom. The highest BCUT2D eigenvalue weighted by Crippen LogP contribution is 2.33. The number of ether oxygens (including phenoxy) is 2. The molecule has 0 aliphatic rings. The van der Waals surface area contributed by atoms with Crippen molar-refractivity contribution in [2.75, 3.05) is 18.9 Å². The lowest BCUT2D eigenvalue weighted by atomic mass is 10.0. The molecule has 0 atom stereocenters. The molecule has 0 saturated heterocycles. The van der Waals surface area contributed by atoms with E-state index in [4.69, 9.17) is 15.2 Å². The molecule has 0 aliphatic heterocycles. The number of hydrogen-bond donors (Lipinski definition) is 1. The molecular formula is C19H19N5O4. The lowest BCUT2D eigenvalue weighted by molar-refractivity contribution is 0.0479. The number of carbonyl (C=O) groups excluding carboxylic acids is 2. The van der Waals surface area contributed by atoms with Crippen LogP contribution in [0.3, 0.4) is 0 Å². The number of nitrogens with two attached hydrogens (primary N) is 1. The number of pyridine rings is 1.